The van der Waals surface area contributed by atoms with Crippen molar-refractivity contribution in [2.45, 2.75) is 12.3 Å². The van der Waals surface area contributed by atoms with Gasteiger partial charge in [0.2, 0.25) is 0 Å². The van der Waals surface area contributed by atoms with Crippen LogP contribution in [0.25, 0.3) is 0 Å². The largest absolute Gasteiger partial charge is 0.128 e. The van der Waals surface area contributed by atoms with Gasteiger partial charge in [0.15, 0.2) is 0 Å². The molecule has 0 aliphatic carbocycles. The van der Waals surface area contributed by atoms with E-state index in [4.69, 9.17) is 34.8 Å². The topological polar surface area (TPSA) is 0 Å². The lowest BCUT2D eigenvalue weighted by Gasteiger charge is -2.13. The van der Waals surface area contributed by atoms with Gasteiger partial charge >= 0.3 is 0 Å². The predicted octanol–water partition coefficient (Wildman–Crippen LogP) is 5.62. The molecule has 1 unspecified atom stereocenters. The smallest absolute Gasteiger partial charge is 0.0931 e. The van der Waals surface area contributed by atoms with E-state index < -0.39 is 0 Å². The van der Waals surface area contributed by atoms with Gasteiger partial charge in [0.25, 0.3) is 0 Å². The fourth-order valence-corrected chi connectivity index (χ4v) is 3.38. The highest BCUT2D eigenvalue weighted by molar-refractivity contribution is 7.16. The first-order valence-corrected chi connectivity index (χ1v) is 7.35. The molecule has 90 valence electrons. The first kappa shape index (κ1) is 13.2. The summed E-state index contributed by atoms with van der Waals surface area (Å²) < 4.78 is 0.819. The van der Waals surface area contributed by atoms with E-state index >= 15 is 0 Å². The maximum absolute atomic E-state index is 6.04. The quantitative estimate of drug-likeness (QED) is 0.643. The van der Waals surface area contributed by atoms with Crippen molar-refractivity contribution in [1.82, 2.24) is 0 Å². The van der Waals surface area contributed by atoms with Gasteiger partial charge in [-0.3, -0.25) is 0 Å². The first-order chi connectivity index (χ1) is 8.19. The van der Waals surface area contributed by atoms with Gasteiger partial charge in [-0.2, -0.15) is 0 Å². The third-order valence-corrected chi connectivity index (χ3v) is 4.44. The summed E-state index contributed by atoms with van der Waals surface area (Å²) in [5.74, 6) is 0.862. The van der Waals surface area contributed by atoms with Gasteiger partial charge in [0.1, 0.15) is 0 Å². The SMILES string of the molecule is ClCC(Cc1ccc(Cl)s1)c1cccc(Cl)c1. The van der Waals surface area contributed by atoms with Crippen LogP contribution in [0, 0.1) is 0 Å². The van der Waals surface area contributed by atoms with E-state index in [-0.39, 0.29) is 5.92 Å². The minimum absolute atomic E-state index is 0.282. The van der Waals surface area contributed by atoms with E-state index in [1.807, 2.05) is 24.3 Å². The van der Waals surface area contributed by atoms with Gasteiger partial charge in [-0.15, -0.1) is 22.9 Å². The zero-order valence-electron chi connectivity index (χ0n) is 9.00. The molecule has 0 saturated carbocycles. The minimum atomic E-state index is 0.282. The van der Waals surface area contributed by atoms with E-state index in [1.54, 1.807) is 11.3 Å². The van der Waals surface area contributed by atoms with Crippen molar-refractivity contribution in [2.75, 3.05) is 5.88 Å². The van der Waals surface area contributed by atoms with Gasteiger partial charge in [-0.05, 0) is 36.2 Å². The van der Waals surface area contributed by atoms with Crippen LogP contribution in [0.3, 0.4) is 0 Å². The Hall–Kier alpha value is -0.210. The summed E-state index contributed by atoms with van der Waals surface area (Å²) in [6, 6.07) is 11.8. The summed E-state index contributed by atoms with van der Waals surface area (Å²) in [6.45, 7) is 0. The van der Waals surface area contributed by atoms with Crippen LogP contribution < -0.4 is 0 Å². The number of alkyl halides is 1. The fraction of sp³-hybridized carbons (Fsp3) is 0.231. The van der Waals surface area contributed by atoms with E-state index in [1.165, 1.54) is 10.4 Å². The van der Waals surface area contributed by atoms with E-state index in [9.17, 15) is 0 Å². The molecule has 0 fully saturated rings. The van der Waals surface area contributed by atoms with Crippen LogP contribution in [0.2, 0.25) is 9.36 Å². The summed E-state index contributed by atoms with van der Waals surface area (Å²) in [7, 11) is 0. The molecule has 0 saturated heterocycles. The van der Waals surface area contributed by atoms with Crippen molar-refractivity contribution in [3.8, 4) is 0 Å². The Bertz CT molecular complexity index is 493. The second-order valence-electron chi connectivity index (χ2n) is 3.82. The van der Waals surface area contributed by atoms with Gasteiger partial charge in [0.05, 0.1) is 4.34 Å². The summed E-state index contributed by atoms with van der Waals surface area (Å²) in [4.78, 5) is 1.25. The summed E-state index contributed by atoms with van der Waals surface area (Å²) in [5, 5.41) is 0.752. The predicted molar refractivity (Wildman–Crippen MR) is 77.9 cm³/mol. The Morgan fingerprint density at radius 2 is 1.94 bits per heavy atom. The van der Waals surface area contributed by atoms with Crippen molar-refractivity contribution in [2.24, 2.45) is 0 Å². The van der Waals surface area contributed by atoms with Gasteiger partial charge in [0, 0.05) is 21.7 Å². The summed E-state index contributed by atoms with van der Waals surface area (Å²) >= 11 is 19.6. The molecule has 2 rings (SSSR count). The molecule has 0 amide bonds. The molecule has 0 N–H and O–H groups in total. The molecule has 4 heteroatoms. The average molecular weight is 306 g/mol. The number of hydrogen-bond acceptors (Lipinski definition) is 1. The average Bonchev–Trinajstić information content (AvgIpc) is 2.72. The lowest BCUT2D eigenvalue weighted by atomic mass is 9.97. The normalized spacial score (nSPS) is 12.6. The maximum Gasteiger partial charge on any atom is 0.0931 e. The maximum atomic E-state index is 6.04. The van der Waals surface area contributed by atoms with Gasteiger partial charge < -0.3 is 0 Å². The molecule has 0 aliphatic rings. The third-order valence-electron chi connectivity index (χ3n) is 2.58. The van der Waals surface area contributed by atoms with Crippen molar-refractivity contribution < 1.29 is 0 Å². The third kappa shape index (κ3) is 3.62. The fourth-order valence-electron chi connectivity index (χ4n) is 1.73. The molecule has 0 bridgehead atoms. The molecule has 0 aliphatic heterocycles. The monoisotopic (exact) mass is 304 g/mol. The summed E-state index contributed by atoms with van der Waals surface area (Å²) in [6.07, 6.45) is 0.904. The molecule has 1 aromatic heterocycles. The Morgan fingerprint density at radius 1 is 1.12 bits per heavy atom. The first-order valence-electron chi connectivity index (χ1n) is 5.24. The molecule has 17 heavy (non-hydrogen) atoms. The van der Waals surface area contributed by atoms with Crippen LogP contribution in [0.4, 0.5) is 0 Å². The lowest BCUT2D eigenvalue weighted by molar-refractivity contribution is 0.776. The molecule has 0 radical (unpaired) electrons. The molecule has 1 aromatic carbocycles. The Kier molecular flexibility index (Phi) is 4.75. The second kappa shape index (κ2) is 6.10. The van der Waals surface area contributed by atoms with Crippen LogP contribution >= 0.6 is 46.1 Å². The summed E-state index contributed by atoms with van der Waals surface area (Å²) in [5.41, 5.74) is 1.18. The highest BCUT2D eigenvalue weighted by Crippen LogP contribution is 2.29. The van der Waals surface area contributed by atoms with E-state index in [2.05, 4.69) is 12.1 Å². The number of rotatable bonds is 4. The van der Waals surface area contributed by atoms with Crippen molar-refractivity contribution in [3.05, 3.63) is 56.2 Å². The van der Waals surface area contributed by atoms with E-state index in [0.717, 1.165) is 15.8 Å². The van der Waals surface area contributed by atoms with Crippen LogP contribution in [0.5, 0.6) is 0 Å². The van der Waals surface area contributed by atoms with Crippen molar-refractivity contribution in [3.63, 3.8) is 0 Å². The molecule has 0 spiro atoms. The van der Waals surface area contributed by atoms with Crippen LogP contribution in [0.1, 0.15) is 16.4 Å². The Morgan fingerprint density at radius 3 is 2.53 bits per heavy atom. The highest BCUT2D eigenvalue weighted by Gasteiger charge is 2.13. The Balaban J connectivity index is 2.16. The lowest BCUT2D eigenvalue weighted by Crippen LogP contribution is -2.03. The number of hydrogen-bond donors (Lipinski definition) is 0. The number of benzene rings is 1. The molecule has 0 nitrogen and oxygen atoms in total. The highest BCUT2D eigenvalue weighted by atomic mass is 35.5. The van der Waals surface area contributed by atoms with Gasteiger partial charge in [-0.25, -0.2) is 0 Å². The number of thiophene rings is 1. The zero-order valence-corrected chi connectivity index (χ0v) is 12.1. The molecular formula is C13H11Cl3S. The van der Waals surface area contributed by atoms with E-state index in [0.29, 0.717) is 5.88 Å². The van der Waals surface area contributed by atoms with Gasteiger partial charge in [-0.1, -0.05) is 35.3 Å². The van der Waals surface area contributed by atoms with Crippen LogP contribution in [-0.4, -0.2) is 5.88 Å². The molecule has 2 aromatic rings. The van der Waals surface area contributed by atoms with Crippen LogP contribution in [0.15, 0.2) is 36.4 Å². The van der Waals surface area contributed by atoms with Crippen molar-refractivity contribution in [1.29, 1.82) is 0 Å². The van der Waals surface area contributed by atoms with Crippen LogP contribution in [-0.2, 0) is 6.42 Å². The van der Waals surface area contributed by atoms with Crippen molar-refractivity contribution >= 4 is 46.1 Å². The molecule has 1 heterocycles. The molecule has 1 atom stereocenters. The number of halogens is 3. The molecular weight excluding hydrogens is 295 g/mol. The Labute approximate surface area is 120 Å². The minimum Gasteiger partial charge on any atom is -0.128 e. The second-order valence-corrected chi connectivity index (χ2v) is 6.36. The zero-order chi connectivity index (χ0) is 12.3. The standard InChI is InChI=1S/C13H11Cl3S/c14-8-10(7-12-4-5-13(16)17-12)9-2-1-3-11(15)6-9/h1-6,10H,7-8H2.